The number of rotatable bonds is 4. The van der Waals surface area contributed by atoms with E-state index in [2.05, 4.69) is 25.0 Å². The van der Waals surface area contributed by atoms with Crippen molar-refractivity contribution in [2.24, 2.45) is 0 Å². The molecule has 3 heterocycles. The van der Waals surface area contributed by atoms with E-state index in [1.807, 2.05) is 0 Å². The number of anilines is 1. The molecule has 1 fully saturated rings. The van der Waals surface area contributed by atoms with Gasteiger partial charge in [0.15, 0.2) is 0 Å². The van der Waals surface area contributed by atoms with E-state index in [-0.39, 0.29) is 10.9 Å². The Morgan fingerprint density at radius 1 is 1.33 bits per heavy atom. The van der Waals surface area contributed by atoms with Crippen molar-refractivity contribution in [3.8, 4) is 0 Å². The number of nitrogens with zero attached hydrogens (tertiary/aromatic N) is 4. The number of sulfonamides is 1. The SMILES string of the molecule is O=S(=O)(c1cnoc1)N1CCC(Nc2ccncn2)CC1. The first-order valence-corrected chi connectivity index (χ1v) is 8.02. The summed E-state index contributed by atoms with van der Waals surface area (Å²) >= 11 is 0. The summed E-state index contributed by atoms with van der Waals surface area (Å²) in [5, 5.41) is 6.73. The molecule has 0 atom stereocenters. The van der Waals surface area contributed by atoms with Gasteiger partial charge in [-0.15, -0.1) is 0 Å². The molecule has 0 unspecified atom stereocenters. The van der Waals surface area contributed by atoms with Crippen LogP contribution in [0.25, 0.3) is 0 Å². The highest BCUT2D eigenvalue weighted by Gasteiger charge is 2.30. The van der Waals surface area contributed by atoms with Crippen LogP contribution in [0.4, 0.5) is 5.82 Å². The second kappa shape index (κ2) is 5.78. The molecule has 0 saturated carbocycles. The molecule has 2 aromatic heterocycles. The number of nitrogens with one attached hydrogen (secondary N) is 1. The van der Waals surface area contributed by atoms with E-state index in [9.17, 15) is 8.42 Å². The van der Waals surface area contributed by atoms with Gasteiger partial charge >= 0.3 is 0 Å². The topological polar surface area (TPSA) is 101 Å². The fourth-order valence-corrected chi connectivity index (χ4v) is 3.63. The highest BCUT2D eigenvalue weighted by molar-refractivity contribution is 7.89. The lowest BCUT2D eigenvalue weighted by Gasteiger charge is -2.31. The minimum atomic E-state index is -3.49. The predicted molar refractivity (Wildman–Crippen MR) is 73.9 cm³/mol. The summed E-state index contributed by atoms with van der Waals surface area (Å²) in [6, 6.07) is 1.99. The van der Waals surface area contributed by atoms with Crippen molar-refractivity contribution < 1.29 is 12.9 Å². The van der Waals surface area contributed by atoms with Crippen LogP contribution in [-0.4, -0.2) is 47.0 Å². The lowest BCUT2D eigenvalue weighted by atomic mass is 10.1. The largest absolute Gasteiger partial charge is 0.367 e. The van der Waals surface area contributed by atoms with E-state index in [1.165, 1.54) is 16.8 Å². The van der Waals surface area contributed by atoms with Gasteiger partial charge in [-0.05, 0) is 18.9 Å². The molecule has 1 aliphatic rings. The van der Waals surface area contributed by atoms with Gasteiger partial charge in [-0.25, -0.2) is 18.4 Å². The van der Waals surface area contributed by atoms with E-state index >= 15 is 0 Å². The van der Waals surface area contributed by atoms with Crippen molar-refractivity contribution in [1.82, 2.24) is 19.4 Å². The normalized spacial score (nSPS) is 17.7. The van der Waals surface area contributed by atoms with Crippen LogP contribution >= 0.6 is 0 Å². The molecule has 9 heteroatoms. The molecule has 0 spiro atoms. The Hall–Kier alpha value is -2.00. The van der Waals surface area contributed by atoms with Crippen molar-refractivity contribution in [3.05, 3.63) is 31.1 Å². The van der Waals surface area contributed by atoms with Gasteiger partial charge in [0.05, 0.1) is 6.20 Å². The van der Waals surface area contributed by atoms with Crippen molar-refractivity contribution in [2.75, 3.05) is 18.4 Å². The molecular weight excluding hydrogens is 294 g/mol. The van der Waals surface area contributed by atoms with E-state index in [0.717, 1.165) is 12.1 Å². The molecule has 0 bridgehead atoms. The van der Waals surface area contributed by atoms with E-state index in [1.54, 1.807) is 12.3 Å². The summed E-state index contributed by atoms with van der Waals surface area (Å²) in [5.41, 5.74) is 0. The fourth-order valence-electron chi connectivity index (χ4n) is 2.30. The van der Waals surface area contributed by atoms with Crippen LogP contribution in [0.1, 0.15) is 12.8 Å². The average Bonchev–Trinajstić information content (AvgIpc) is 3.04. The Bertz CT molecular complexity index is 666. The maximum absolute atomic E-state index is 12.3. The summed E-state index contributed by atoms with van der Waals surface area (Å²) in [5.74, 6) is 0.755. The summed E-state index contributed by atoms with van der Waals surface area (Å²) in [6.45, 7) is 0.909. The molecule has 21 heavy (non-hydrogen) atoms. The Kier molecular flexibility index (Phi) is 3.84. The van der Waals surface area contributed by atoms with Crippen LogP contribution in [0.2, 0.25) is 0 Å². The highest BCUT2D eigenvalue weighted by atomic mass is 32.2. The van der Waals surface area contributed by atoms with Crippen molar-refractivity contribution in [1.29, 1.82) is 0 Å². The summed E-state index contributed by atoms with van der Waals surface area (Å²) in [6.07, 6.45) is 6.96. The standard InChI is InChI=1S/C12H15N5O3S/c18-21(19,11-7-15-20-8-11)17-5-2-10(3-6-17)16-12-1-4-13-9-14-12/h1,4,7-10H,2-3,5-6H2,(H,13,14,16). The first-order valence-electron chi connectivity index (χ1n) is 6.58. The second-order valence-electron chi connectivity index (χ2n) is 4.78. The quantitative estimate of drug-likeness (QED) is 0.888. The minimum Gasteiger partial charge on any atom is -0.367 e. The molecule has 2 aromatic rings. The molecule has 1 N–H and O–H groups in total. The summed E-state index contributed by atoms with van der Waals surface area (Å²) in [7, 11) is -3.49. The second-order valence-corrected chi connectivity index (χ2v) is 6.72. The zero-order valence-corrected chi connectivity index (χ0v) is 12.0. The van der Waals surface area contributed by atoms with E-state index < -0.39 is 10.0 Å². The molecule has 0 radical (unpaired) electrons. The fraction of sp³-hybridized carbons (Fsp3) is 0.417. The lowest BCUT2D eigenvalue weighted by molar-refractivity contribution is 0.329. The van der Waals surface area contributed by atoms with Crippen LogP contribution in [-0.2, 0) is 10.0 Å². The Morgan fingerprint density at radius 2 is 2.14 bits per heavy atom. The minimum absolute atomic E-state index is 0.102. The van der Waals surface area contributed by atoms with Gasteiger partial charge in [0, 0.05) is 25.3 Å². The van der Waals surface area contributed by atoms with Gasteiger partial charge in [-0.1, -0.05) is 5.16 Å². The first kappa shape index (κ1) is 14.0. The number of hydrogen-bond acceptors (Lipinski definition) is 7. The third-order valence-electron chi connectivity index (χ3n) is 3.44. The summed E-state index contributed by atoms with van der Waals surface area (Å²) in [4.78, 5) is 8.07. The van der Waals surface area contributed by atoms with Crippen LogP contribution in [0, 0.1) is 0 Å². The molecule has 0 aromatic carbocycles. The Labute approximate surface area is 122 Å². The van der Waals surface area contributed by atoms with Crippen molar-refractivity contribution in [3.63, 3.8) is 0 Å². The number of piperidine rings is 1. The molecule has 112 valence electrons. The highest BCUT2D eigenvalue weighted by Crippen LogP contribution is 2.21. The molecule has 1 aliphatic heterocycles. The summed E-state index contributed by atoms with van der Waals surface area (Å²) < 4.78 is 30.7. The van der Waals surface area contributed by atoms with Gasteiger partial charge in [0.1, 0.15) is 23.3 Å². The zero-order chi connectivity index (χ0) is 14.7. The lowest BCUT2D eigenvalue weighted by Crippen LogP contribution is -2.42. The molecule has 1 saturated heterocycles. The van der Waals surface area contributed by atoms with Crippen LogP contribution in [0.15, 0.2) is 40.5 Å². The van der Waals surface area contributed by atoms with E-state index in [4.69, 9.17) is 0 Å². The van der Waals surface area contributed by atoms with Gasteiger partial charge in [0.25, 0.3) is 0 Å². The predicted octanol–water partition coefficient (Wildman–Crippen LogP) is 0.730. The van der Waals surface area contributed by atoms with Gasteiger partial charge in [-0.2, -0.15) is 4.31 Å². The molecule has 0 aliphatic carbocycles. The zero-order valence-electron chi connectivity index (χ0n) is 11.2. The maximum atomic E-state index is 12.3. The van der Waals surface area contributed by atoms with Crippen LogP contribution in [0.3, 0.4) is 0 Å². The van der Waals surface area contributed by atoms with E-state index in [0.29, 0.717) is 25.9 Å². The third-order valence-corrected chi connectivity index (χ3v) is 5.28. The smallest absolute Gasteiger partial charge is 0.247 e. The van der Waals surface area contributed by atoms with Crippen molar-refractivity contribution in [2.45, 2.75) is 23.8 Å². The van der Waals surface area contributed by atoms with Crippen LogP contribution in [0.5, 0.6) is 0 Å². The first-order chi connectivity index (χ1) is 10.2. The molecule has 0 amide bonds. The monoisotopic (exact) mass is 309 g/mol. The molecular formula is C12H15N5O3S. The Morgan fingerprint density at radius 3 is 2.76 bits per heavy atom. The van der Waals surface area contributed by atoms with Gasteiger partial charge < -0.3 is 9.84 Å². The van der Waals surface area contributed by atoms with Crippen LogP contribution < -0.4 is 5.32 Å². The van der Waals surface area contributed by atoms with Gasteiger partial charge in [-0.3, -0.25) is 0 Å². The Balaban J connectivity index is 1.61. The average molecular weight is 309 g/mol. The number of hydrogen-bond donors (Lipinski definition) is 1. The molecule has 3 rings (SSSR count). The van der Waals surface area contributed by atoms with Crippen molar-refractivity contribution >= 4 is 15.8 Å². The third kappa shape index (κ3) is 3.03. The molecule has 8 nitrogen and oxygen atoms in total. The van der Waals surface area contributed by atoms with Gasteiger partial charge in [0.2, 0.25) is 10.0 Å². The number of aromatic nitrogens is 3. The maximum Gasteiger partial charge on any atom is 0.247 e.